The second-order valence-electron chi connectivity index (χ2n) is 8.57. The van der Waals surface area contributed by atoms with Crippen LogP contribution in [0.5, 0.6) is 0 Å². The van der Waals surface area contributed by atoms with Gasteiger partial charge in [0.15, 0.2) is 0 Å². The summed E-state index contributed by atoms with van der Waals surface area (Å²) in [6.07, 6.45) is -0.778. The second kappa shape index (κ2) is 13.6. The summed E-state index contributed by atoms with van der Waals surface area (Å²) >= 11 is 0. The quantitative estimate of drug-likeness (QED) is 0.136. The van der Waals surface area contributed by atoms with E-state index in [1.54, 1.807) is 6.08 Å². The minimum Gasteiger partial charge on any atom is -0.368 e. The van der Waals surface area contributed by atoms with Gasteiger partial charge in [-0.25, -0.2) is 0 Å². The summed E-state index contributed by atoms with van der Waals surface area (Å²) in [6, 6.07) is 29.8. The van der Waals surface area contributed by atoms with E-state index in [0.29, 0.717) is 19.8 Å². The zero-order chi connectivity index (χ0) is 25.0. The molecule has 1 heterocycles. The molecule has 4 rings (SSSR count). The molecule has 0 aromatic heterocycles. The normalized spacial score (nSPS) is 23.5. The van der Waals surface area contributed by atoms with Crippen molar-refractivity contribution in [3.63, 3.8) is 0 Å². The van der Waals surface area contributed by atoms with Gasteiger partial charge in [0, 0.05) is 4.91 Å². The van der Waals surface area contributed by atoms with Crippen molar-refractivity contribution < 1.29 is 18.9 Å². The lowest BCUT2D eigenvalue weighted by molar-refractivity contribution is -0.253. The molecule has 3 aromatic carbocycles. The highest BCUT2D eigenvalue weighted by Crippen LogP contribution is 2.31. The molecule has 0 saturated carbocycles. The Bertz CT molecular complexity index is 1110. The minimum absolute atomic E-state index is 0.108. The monoisotopic (exact) mass is 485 g/mol. The summed E-state index contributed by atoms with van der Waals surface area (Å²) in [7, 11) is 0. The van der Waals surface area contributed by atoms with Crippen LogP contribution in [0.15, 0.2) is 109 Å². The Hall–Kier alpha value is -3.45. The zero-order valence-electron chi connectivity index (χ0n) is 20.1. The summed E-state index contributed by atoms with van der Waals surface area (Å²) < 4.78 is 25.6. The van der Waals surface area contributed by atoms with Crippen LogP contribution in [-0.4, -0.2) is 37.1 Å². The minimum atomic E-state index is -0.531. The van der Waals surface area contributed by atoms with E-state index < -0.39 is 30.5 Å². The first-order valence-electron chi connectivity index (χ1n) is 12.0. The van der Waals surface area contributed by atoms with E-state index in [1.807, 2.05) is 91.0 Å². The summed E-state index contributed by atoms with van der Waals surface area (Å²) in [5.74, 6) is 0. The average Bonchev–Trinajstić information content (AvgIpc) is 2.94. The maximum Gasteiger partial charge on any atom is 0.116 e. The molecule has 0 radical (unpaired) electrons. The van der Waals surface area contributed by atoms with Crippen molar-refractivity contribution in [1.82, 2.24) is 0 Å². The van der Waals surface area contributed by atoms with Gasteiger partial charge in [-0.15, -0.1) is 6.58 Å². The van der Waals surface area contributed by atoms with Crippen molar-refractivity contribution >= 4 is 0 Å². The third-order valence-electron chi connectivity index (χ3n) is 6.08. The number of rotatable bonds is 12. The predicted molar refractivity (Wildman–Crippen MR) is 138 cm³/mol. The van der Waals surface area contributed by atoms with E-state index in [1.165, 1.54) is 0 Å². The molecule has 3 aromatic rings. The van der Waals surface area contributed by atoms with E-state index in [9.17, 15) is 0 Å². The lowest BCUT2D eigenvalue weighted by Gasteiger charge is -2.45. The van der Waals surface area contributed by atoms with Gasteiger partial charge in [-0.1, -0.05) is 102 Å². The SMILES string of the molecule is C=C[C@@H]1O[C@H](CN=[N+]=[N-])[C@@H](OCc2ccccc2)[C@H](OCc2ccccc2)[C@H]1OCc1ccccc1. The van der Waals surface area contributed by atoms with Crippen LogP contribution >= 0.6 is 0 Å². The van der Waals surface area contributed by atoms with Crippen LogP contribution in [0.2, 0.25) is 0 Å². The first-order chi connectivity index (χ1) is 17.8. The Kier molecular flexibility index (Phi) is 9.68. The van der Waals surface area contributed by atoms with Gasteiger partial charge >= 0.3 is 0 Å². The number of nitrogens with zero attached hydrogens (tertiary/aromatic N) is 3. The molecule has 36 heavy (non-hydrogen) atoms. The third-order valence-corrected chi connectivity index (χ3v) is 6.08. The Morgan fingerprint density at radius 1 is 0.722 bits per heavy atom. The number of hydrogen-bond acceptors (Lipinski definition) is 5. The van der Waals surface area contributed by atoms with Crippen LogP contribution in [-0.2, 0) is 38.8 Å². The van der Waals surface area contributed by atoms with Crippen LogP contribution in [0.1, 0.15) is 16.7 Å². The maximum atomic E-state index is 8.98. The molecule has 1 aliphatic heterocycles. The first kappa shape index (κ1) is 25.6. The summed E-state index contributed by atoms with van der Waals surface area (Å²) in [5, 5.41) is 3.79. The van der Waals surface area contributed by atoms with E-state index in [-0.39, 0.29) is 6.54 Å². The van der Waals surface area contributed by atoms with Gasteiger partial charge in [0.25, 0.3) is 0 Å². The van der Waals surface area contributed by atoms with Gasteiger partial charge in [-0.2, -0.15) is 0 Å². The van der Waals surface area contributed by atoms with Crippen LogP contribution in [0.3, 0.4) is 0 Å². The standard InChI is InChI=1S/C29H31N3O4/c1-2-25-27(33-19-22-12-6-3-7-13-22)29(35-21-24-16-10-5-11-17-24)28(26(36-25)18-31-32-30)34-20-23-14-8-4-9-15-23/h2-17,25-29H,1,18-21H2/t25-,26+,27-,28+,29+/m0/s1. The largest absolute Gasteiger partial charge is 0.368 e. The number of hydrogen-bond donors (Lipinski definition) is 0. The fourth-order valence-electron chi connectivity index (χ4n) is 4.28. The van der Waals surface area contributed by atoms with Crippen LogP contribution in [0.25, 0.3) is 10.4 Å². The molecule has 0 unspecified atom stereocenters. The molecule has 7 heteroatoms. The Labute approximate surface area is 211 Å². The van der Waals surface area contributed by atoms with Gasteiger partial charge < -0.3 is 18.9 Å². The molecule has 1 aliphatic rings. The third kappa shape index (κ3) is 7.04. The van der Waals surface area contributed by atoms with Gasteiger partial charge in [0.2, 0.25) is 0 Å². The molecular formula is C29H31N3O4. The van der Waals surface area contributed by atoms with E-state index in [4.69, 9.17) is 24.5 Å². The fourth-order valence-corrected chi connectivity index (χ4v) is 4.28. The topological polar surface area (TPSA) is 85.7 Å². The lowest BCUT2D eigenvalue weighted by Crippen LogP contribution is -2.60. The Balaban J connectivity index is 1.61. The molecule has 7 nitrogen and oxygen atoms in total. The summed E-state index contributed by atoms with van der Waals surface area (Å²) in [5.41, 5.74) is 12.1. The highest BCUT2D eigenvalue weighted by Gasteiger charge is 2.47. The van der Waals surface area contributed by atoms with Crippen molar-refractivity contribution in [2.75, 3.05) is 6.54 Å². The van der Waals surface area contributed by atoms with Crippen molar-refractivity contribution in [3.05, 3.63) is 131 Å². The van der Waals surface area contributed by atoms with Crippen molar-refractivity contribution in [1.29, 1.82) is 0 Å². The van der Waals surface area contributed by atoms with Gasteiger partial charge in [0.05, 0.1) is 32.5 Å². The second-order valence-corrected chi connectivity index (χ2v) is 8.57. The first-order valence-corrected chi connectivity index (χ1v) is 12.0. The van der Waals surface area contributed by atoms with Crippen molar-refractivity contribution in [2.45, 2.75) is 50.3 Å². The van der Waals surface area contributed by atoms with E-state index >= 15 is 0 Å². The fraction of sp³-hybridized carbons (Fsp3) is 0.310. The van der Waals surface area contributed by atoms with Gasteiger partial charge in [-0.05, 0) is 22.2 Å². The molecular weight excluding hydrogens is 454 g/mol. The molecule has 186 valence electrons. The highest BCUT2D eigenvalue weighted by molar-refractivity contribution is 5.16. The molecule has 0 bridgehead atoms. The number of azide groups is 1. The summed E-state index contributed by atoms with van der Waals surface area (Å²) in [4.78, 5) is 2.94. The molecule has 0 spiro atoms. The predicted octanol–water partition coefficient (Wildman–Crippen LogP) is 6.01. The van der Waals surface area contributed by atoms with Crippen molar-refractivity contribution in [3.8, 4) is 0 Å². The molecule has 1 fully saturated rings. The Morgan fingerprint density at radius 3 is 1.61 bits per heavy atom. The van der Waals surface area contributed by atoms with Gasteiger partial charge in [-0.3, -0.25) is 0 Å². The molecule has 1 saturated heterocycles. The van der Waals surface area contributed by atoms with Crippen LogP contribution in [0, 0.1) is 0 Å². The van der Waals surface area contributed by atoms with Crippen LogP contribution in [0.4, 0.5) is 0 Å². The van der Waals surface area contributed by atoms with Crippen molar-refractivity contribution in [2.24, 2.45) is 5.11 Å². The highest BCUT2D eigenvalue weighted by atomic mass is 16.6. The Morgan fingerprint density at radius 2 is 1.17 bits per heavy atom. The van der Waals surface area contributed by atoms with E-state index in [0.717, 1.165) is 16.7 Å². The molecule has 0 amide bonds. The zero-order valence-corrected chi connectivity index (χ0v) is 20.1. The average molecular weight is 486 g/mol. The smallest absolute Gasteiger partial charge is 0.116 e. The maximum absolute atomic E-state index is 8.98. The number of ether oxygens (including phenoxy) is 4. The lowest BCUT2D eigenvalue weighted by atomic mass is 9.93. The van der Waals surface area contributed by atoms with Crippen LogP contribution < -0.4 is 0 Å². The molecule has 0 N–H and O–H groups in total. The number of benzene rings is 3. The summed E-state index contributed by atoms with van der Waals surface area (Å²) in [6.45, 7) is 5.20. The molecule has 0 aliphatic carbocycles. The molecule has 5 atom stereocenters. The van der Waals surface area contributed by atoms with Gasteiger partial charge in [0.1, 0.15) is 24.4 Å². The van der Waals surface area contributed by atoms with E-state index in [2.05, 4.69) is 16.6 Å².